The number of nitrogens with one attached hydrogen (secondary N) is 2. The van der Waals surface area contributed by atoms with Crippen molar-refractivity contribution < 1.29 is 28.3 Å². The fourth-order valence-corrected chi connectivity index (χ4v) is 1.88. The molecule has 152 valence electrons. The van der Waals surface area contributed by atoms with Gasteiger partial charge in [-0.3, -0.25) is 29.8 Å². The lowest BCUT2D eigenvalue weighted by Gasteiger charge is -2.00. The highest BCUT2D eigenvalue weighted by atomic mass is 16.7. The standard InChI is InChI=1S/C15H14N6O8/c22-12(18-16-8-10-4-6-14(28-10)20(24)25)2-1-3-13(23)19-17-9-11-5-7-15(29-11)21(26)27/h4-9H,1-3H2,(H,18,22)(H,19,23)/b16-8-,17-9-. The van der Waals surface area contributed by atoms with Gasteiger partial charge in [0.1, 0.15) is 9.85 Å². The van der Waals surface area contributed by atoms with Gasteiger partial charge in [-0.05, 0) is 18.6 Å². The first kappa shape index (κ1) is 20.9. The molecule has 14 heteroatoms. The molecule has 0 saturated carbocycles. The van der Waals surface area contributed by atoms with Crippen molar-refractivity contribution in [2.45, 2.75) is 19.3 Å². The van der Waals surface area contributed by atoms with Gasteiger partial charge in [0.25, 0.3) is 0 Å². The van der Waals surface area contributed by atoms with Crippen LogP contribution in [-0.4, -0.2) is 34.1 Å². The van der Waals surface area contributed by atoms with Crippen molar-refractivity contribution in [2.75, 3.05) is 0 Å². The van der Waals surface area contributed by atoms with E-state index in [1.54, 1.807) is 0 Å². The summed E-state index contributed by atoms with van der Waals surface area (Å²) < 4.78 is 9.63. The van der Waals surface area contributed by atoms with E-state index in [1.165, 1.54) is 12.1 Å². The van der Waals surface area contributed by atoms with Gasteiger partial charge in [-0.15, -0.1) is 0 Å². The molecule has 0 aliphatic carbocycles. The van der Waals surface area contributed by atoms with Gasteiger partial charge in [0.15, 0.2) is 11.5 Å². The lowest BCUT2D eigenvalue weighted by Crippen LogP contribution is -2.20. The minimum absolute atomic E-state index is 0.00282. The zero-order chi connectivity index (χ0) is 21.2. The summed E-state index contributed by atoms with van der Waals surface area (Å²) >= 11 is 0. The summed E-state index contributed by atoms with van der Waals surface area (Å²) in [5, 5.41) is 28.1. The van der Waals surface area contributed by atoms with Crippen LogP contribution in [0.4, 0.5) is 11.8 Å². The molecule has 0 unspecified atom stereocenters. The minimum atomic E-state index is -0.705. The summed E-state index contributed by atoms with van der Waals surface area (Å²) in [6, 6.07) is 4.94. The Bertz CT molecular complexity index is 883. The van der Waals surface area contributed by atoms with Crippen LogP contribution in [0.1, 0.15) is 30.8 Å². The van der Waals surface area contributed by atoms with E-state index in [4.69, 9.17) is 8.83 Å². The van der Waals surface area contributed by atoms with Crippen LogP contribution in [0.3, 0.4) is 0 Å². The third kappa shape index (κ3) is 7.05. The van der Waals surface area contributed by atoms with Crippen LogP contribution in [0.2, 0.25) is 0 Å². The number of carbonyl (C=O) groups excluding carboxylic acids is 2. The highest BCUT2D eigenvalue weighted by Gasteiger charge is 2.11. The van der Waals surface area contributed by atoms with E-state index >= 15 is 0 Å². The third-order valence-electron chi connectivity index (χ3n) is 3.15. The Labute approximate surface area is 161 Å². The van der Waals surface area contributed by atoms with E-state index in [0.717, 1.165) is 24.6 Å². The first-order valence-electron chi connectivity index (χ1n) is 7.97. The normalized spacial score (nSPS) is 11.0. The molecule has 0 fully saturated rings. The molecule has 0 saturated heterocycles. The quantitative estimate of drug-likeness (QED) is 0.336. The summed E-state index contributed by atoms with van der Waals surface area (Å²) in [7, 11) is 0. The highest BCUT2D eigenvalue weighted by molar-refractivity contribution is 5.82. The van der Waals surface area contributed by atoms with Crippen LogP contribution in [0, 0.1) is 20.2 Å². The van der Waals surface area contributed by atoms with Crippen molar-refractivity contribution in [1.82, 2.24) is 10.9 Å². The predicted molar refractivity (Wildman–Crippen MR) is 96.0 cm³/mol. The van der Waals surface area contributed by atoms with Gasteiger partial charge < -0.3 is 8.83 Å². The molecule has 14 nitrogen and oxygen atoms in total. The van der Waals surface area contributed by atoms with Gasteiger partial charge in [-0.1, -0.05) is 0 Å². The number of rotatable bonds is 10. The zero-order valence-electron chi connectivity index (χ0n) is 14.6. The monoisotopic (exact) mass is 406 g/mol. The summed E-state index contributed by atoms with van der Waals surface area (Å²) in [4.78, 5) is 42.7. The SMILES string of the molecule is O=C(CCCC(=O)N/N=C\c1ccc([N+](=O)[O-])o1)N/N=C\c1ccc([N+](=O)[O-])o1. The molecule has 0 bridgehead atoms. The number of hydrogen-bond acceptors (Lipinski definition) is 10. The average Bonchev–Trinajstić information content (AvgIpc) is 3.31. The van der Waals surface area contributed by atoms with Gasteiger partial charge in [0.05, 0.1) is 24.6 Å². The largest absolute Gasteiger partial charge is 0.433 e. The van der Waals surface area contributed by atoms with Crippen molar-refractivity contribution in [3.05, 3.63) is 56.0 Å². The Kier molecular flexibility index (Phi) is 7.29. The summed E-state index contributed by atoms with van der Waals surface area (Å²) in [6.45, 7) is 0. The molecule has 0 spiro atoms. The van der Waals surface area contributed by atoms with Crippen LogP contribution < -0.4 is 10.9 Å². The van der Waals surface area contributed by atoms with E-state index in [-0.39, 0.29) is 30.8 Å². The Balaban J connectivity index is 1.63. The molecule has 2 heterocycles. The van der Waals surface area contributed by atoms with E-state index in [0.29, 0.717) is 0 Å². The van der Waals surface area contributed by atoms with Crippen LogP contribution >= 0.6 is 0 Å². The van der Waals surface area contributed by atoms with Crippen molar-refractivity contribution in [2.24, 2.45) is 10.2 Å². The number of hydrogen-bond donors (Lipinski definition) is 2. The number of hydrazone groups is 2. The first-order chi connectivity index (χ1) is 13.8. The Morgan fingerprint density at radius 2 is 1.28 bits per heavy atom. The van der Waals surface area contributed by atoms with Crippen molar-refractivity contribution in [3.63, 3.8) is 0 Å². The fraction of sp³-hybridized carbons (Fsp3) is 0.200. The van der Waals surface area contributed by atoms with E-state index in [1.807, 2.05) is 0 Å². The second kappa shape index (κ2) is 10.1. The summed E-state index contributed by atoms with van der Waals surface area (Å²) in [5.41, 5.74) is 4.38. The maximum Gasteiger partial charge on any atom is 0.433 e. The third-order valence-corrected chi connectivity index (χ3v) is 3.15. The molecular formula is C15H14N6O8. The Morgan fingerprint density at radius 1 is 0.862 bits per heavy atom. The minimum Gasteiger partial charge on any atom is -0.400 e. The smallest absolute Gasteiger partial charge is 0.400 e. The van der Waals surface area contributed by atoms with Crippen LogP contribution in [0.25, 0.3) is 0 Å². The molecule has 2 N–H and O–H groups in total. The highest BCUT2D eigenvalue weighted by Crippen LogP contribution is 2.14. The van der Waals surface area contributed by atoms with Crippen molar-refractivity contribution in [1.29, 1.82) is 0 Å². The molecule has 2 aromatic rings. The molecule has 2 amide bonds. The van der Waals surface area contributed by atoms with Crippen molar-refractivity contribution >= 4 is 36.0 Å². The molecule has 29 heavy (non-hydrogen) atoms. The predicted octanol–water partition coefficient (Wildman–Crippen LogP) is 1.46. The first-order valence-corrected chi connectivity index (χ1v) is 7.97. The van der Waals surface area contributed by atoms with Crippen LogP contribution in [0.5, 0.6) is 0 Å². The number of furan rings is 2. The second-order valence-corrected chi connectivity index (χ2v) is 5.31. The van der Waals surface area contributed by atoms with Gasteiger partial charge in [-0.25, -0.2) is 10.9 Å². The lowest BCUT2D eigenvalue weighted by atomic mass is 10.2. The van der Waals surface area contributed by atoms with E-state index < -0.39 is 33.4 Å². The van der Waals surface area contributed by atoms with Gasteiger partial charge in [0, 0.05) is 12.8 Å². The molecule has 0 aromatic carbocycles. The topological polar surface area (TPSA) is 195 Å². The van der Waals surface area contributed by atoms with Crippen LogP contribution in [-0.2, 0) is 9.59 Å². The summed E-state index contributed by atoms with van der Waals surface area (Å²) in [6.07, 6.45) is 2.41. The van der Waals surface area contributed by atoms with Gasteiger partial charge in [0.2, 0.25) is 11.8 Å². The fourth-order valence-electron chi connectivity index (χ4n) is 1.88. The summed E-state index contributed by atoms with van der Waals surface area (Å²) in [5.74, 6) is -1.65. The van der Waals surface area contributed by atoms with E-state index in [9.17, 15) is 29.8 Å². The lowest BCUT2D eigenvalue weighted by molar-refractivity contribution is -0.402. The van der Waals surface area contributed by atoms with Gasteiger partial charge >= 0.3 is 11.8 Å². The molecule has 0 aliphatic heterocycles. The molecule has 2 aromatic heterocycles. The van der Waals surface area contributed by atoms with E-state index in [2.05, 4.69) is 21.1 Å². The van der Waals surface area contributed by atoms with Crippen LogP contribution in [0.15, 0.2) is 43.3 Å². The Morgan fingerprint density at radius 3 is 1.62 bits per heavy atom. The number of nitrogens with zero attached hydrogens (tertiary/aromatic N) is 4. The molecular weight excluding hydrogens is 392 g/mol. The molecule has 0 atom stereocenters. The number of amides is 2. The number of nitro groups is 2. The van der Waals surface area contributed by atoms with Crippen molar-refractivity contribution in [3.8, 4) is 0 Å². The maximum atomic E-state index is 11.6. The molecule has 2 rings (SSSR count). The average molecular weight is 406 g/mol. The number of carbonyl (C=O) groups is 2. The maximum absolute atomic E-state index is 11.6. The second-order valence-electron chi connectivity index (χ2n) is 5.31. The molecule has 0 radical (unpaired) electrons. The zero-order valence-corrected chi connectivity index (χ0v) is 14.6. The Hall–Kier alpha value is -4.36. The molecule has 0 aliphatic rings. The van der Waals surface area contributed by atoms with Gasteiger partial charge in [-0.2, -0.15) is 10.2 Å².